The predicted molar refractivity (Wildman–Crippen MR) is 69.9 cm³/mol. The van der Waals surface area contributed by atoms with Crippen molar-refractivity contribution < 1.29 is 0 Å². The van der Waals surface area contributed by atoms with Crippen LogP contribution < -0.4 is 5.32 Å². The Morgan fingerprint density at radius 3 is 2.81 bits per heavy atom. The average molecular weight is 238 g/mol. The normalized spacial score (nSPS) is 16.7. The van der Waals surface area contributed by atoms with Crippen LogP contribution in [-0.4, -0.2) is 11.5 Å². The molecule has 1 saturated carbocycles. The zero-order valence-corrected chi connectivity index (χ0v) is 11.4. The van der Waals surface area contributed by atoms with E-state index in [-0.39, 0.29) is 0 Å². The number of rotatable bonds is 5. The highest BCUT2D eigenvalue weighted by Gasteiger charge is 2.26. The summed E-state index contributed by atoms with van der Waals surface area (Å²) in [5.41, 5.74) is 1.65. The highest BCUT2D eigenvalue weighted by Crippen LogP contribution is 2.41. The van der Waals surface area contributed by atoms with Crippen molar-refractivity contribution in [3.05, 3.63) is 16.1 Å². The fraction of sp³-hybridized carbons (Fsp3) is 0.769. The van der Waals surface area contributed by atoms with E-state index in [2.05, 4.69) is 36.5 Å². The summed E-state index contributed by atoms with van der Waals surface area (Å²) in [6.45, 7) is 8.85. The van der Waals surface area contributed by atoms with E-state index in [4.69, 9.17) is 0 Å². The van der Waals surface area contributed by atoms with Crippen LogP contribution >= 0.6 is 11.3 Å². The maximum Gasteiger partial charge on any atom is 0.0959 e. The van der Waals surface area contributed by atoms with Crippen LogP contribution in [0.3, 0.4) is 0 Å². The van der Waals surface area contributed by atoms with Crippen LogP contribution in [0.4, 0.5) is 0 Å². The SMILES string of the molecule is CC(C)(C)CCNCc1csc(C2CC2)n1. The fourth-order valence-corrected chi connectivity index (χ4v) is 2.59. The predicted octanol–water partition coefficient (Wildman–Crippen LogP) is 3.55. The molecule has 0 radical (unpaired) electrons. The Morgan fingerprint density at radius 2 is 2.19 bits per heavy atom. The van der Waals surface area contributed by atoms with Crippen molar-refractivity contribution in [2.75, 3.05) is 6.54 Å². The molecule has 0 aromatic carbocycles. The Hall–Kier alpha value is -0.410. The molecule has 0 aliphatic heterocycles. The van der Waals surface area contributed by atoms with E-state index in [0.29, 0.717) is 5.41 Å². The largest absolute Gasteiger partial charge is 0.311 e. The summed E-state index contributed by atoms with van der Waals surface area (Å²) in [7, 11) is 0. The monoisotopic (exact) mass is 238 g/mol. The Balaban J connectivity index is 1.68. The van der Waals surface area contributed by atoms with Crippen LogP contribution in [0.15, 0.2) is 5.38 Å². The van der Waals surface area contributed by atoms with Crippen molar-refractivity contribution >= 4 is 11.3 Å². The molecule has 2 rings (SSSR count). The molecule has 90 valence electrons. The second kappa shape index (κ2) is 4.84. The molecule has 0 amide bonds. The number of nitrogens with one attached hydrogen (secondary N) is 1. The number of nitrogens with zero attached hydrogens (tertiary/aromatic N) is 1. The van der Waals surface area contributed by atoms with Crippen LogP contribution in [0, 0.1) is 5.41 Å². The van der Waals surface area contributed by atoms with Crippen LogP contribution in [0.5, 0.6) is 0 Å². The van der Waals surface area contributed by atoms with E-state index >= 15 is 0 Å². The van der Waals surface area contributed by atoms with Crippen molar-refractivity contribution in [1.82, 2.24) is 10.3 Å². The zero-order valence-electron chi connectivity index (χ0n) is 10.5. The molecule has 0 bridgehead atoms. The van der Waals surface area contributed by atoms with Gasteiger partial charge in [0.15, 0.2) is 0 Å². The molecule has 0 unspecified atom stereocenters. The molecule has 1 N–H and O–H groups in total. The first-order valence-corrected chi connectivity index (χ1v) is 7.07. The summed E-state index contributed by atoms with van der Waals surface area (Å²) in [6.07, 6.45) is 3.92. The lowest BCUT2D eigenvalue weighted by Crippen LogP contribution is -2.20. The summed E-state index contributed by atoms with van der Waals surface area (Å²) in [5, 5.41) is 7.04. The van der Waals surface area contributed by atoms with Gasteiger partial charge in [-0.15, -0.1) is 11.3 Å². The smallest absolute Gasteiger partial charge is 0.0959 e. The van der Waals surface area contributed by atoms with Crippen LogP contribution in [0.2, 0.25) is 0 Å². The quantitative estimate of drug-likeness (QED) is 0.794. The van der Waals surface area contributed by atoms with Crippen molar-refractivity contribution in [1.29, 1.82) is 0 Å². The first-order chi connectivity index (χ1) is 7.54. The van der Waals surface area contributed by atoms with Gasteiger partial charge in [0.25, 0.3) is 0 Å². The van der Waals surface area contributed by atoms with Gasteiger partial charge in [0, 0.05) is 17.8 Å². The lowest BCUT2D eigenvalue weighted by Gasteiger charge is -2.17. The van der Waals surface area contributed by atoms with Gasteiger partial charge in [0.1, 0.15) is 0 Å². The van der Waals surface area contributed by atoms with E-state index in [1.54, 1.807) is 0 Å². The zero-order chi connectivity index (χ0) is 11.6. The van der Waals surface area contributed by atoms with Gasteiger partial charge < -0.3 is 5.32 Å². The van der Waals surface area contributed by atoms with Gasteiger partial charge in [-0.05, 0) is 31.2 Å². The lowest BCUT2D eigenvalue weighted by molar-refractivity contribution is 0.366. The second-order valence-corrected chi connectivity index (χ2v) is 6.83. The van der Waals surface area contributed by atoms with Gasteiger partial charge >= 0.3 is 0 Å². The molecular weight excluding hydrogens is 216 g/mol. The summed E-state index contributed by atoms with van der Waals surface area (Å²) in [6, 6.07) is 0. The summed E-state index contributed by atoms with van der Waals surface area (Å²) < 4.78 is 0. The number of thiazole rings is 1. The van der Waals surface area contributed by atoms with Crippen LogP contribution in [0.25, 0.3) is 0 Å². The highest BCUT2D eigenvalue weighted by molar-refractivity contribution is 7.09. The van der Waals surface area contributed by atoms with Gasteiger partial charge in [0.2, 0.25) is 0 Å². The minimum absolute atomic E-state index is 0.425. The van der Waals surface area contributed by atoms with E-state index in [1.807, 2.05) is 11.3 Å². The maximum atomic E-state index is 4.66. The molecule has 16 heavy (non-hydrogen) atoms. The first-order valence-electron chi connectivity index (χ1n) is 6.20. The third-order valence-electron chi connectivity index (χ3n) is 2.85. The van der Waals surface area contributed by atoms with Gasteiger partial charge in [-0.1, -0.05) is 20.8 Å². The number of hydrogen-bond acceptors (Lipinski definition) is 3. The molecule has 1 aliphatic rings. The molecule has 1 aliphatic carbocycles. The summed E-state index contributed by atoms with van der Waals surface area (Å²) >= 11 is 1.83. The van der Waals surface area contributed by atoms with E-state index in [1.165, 1.54) is 30.0 Å². The van der Waals surface area contributed by atoms with E-state index in [9.17, 15) is 0 Å². The Kier molecular flexibility index (Phi) is 3.65. The van der Waals surface area contributed by atoms with E-state index in [0.717, 1.165) is 19.0 Å². The van der Waals surface area contributed by atoms with Gasteiger partial charge in [-0.25, -0.2) is 4.98 Å². The first kappa shape index (κ1) is 12.1. The lowest BCUT2D eigenvalue weighted by atomic mass is 9.92. The molecule has 0 saturated heterocycles. The van der Waals surface area contributed by atoms with Gasteiger partial charge in [0.05, 0.1) is 10.7 Å². The number of aromatic nitrogens is 1. The molecule has 1 heterocycles. The molecule has 0 spiro atoms. The topological polar surface area (TPSA) is 24.9 Å². The van der Waals surface area contributed by atoms with E-state index < -0.39 is 0 Å². The number of hydrogen-bond donors (Lipinski definition) is 1. The second-order valence-electron chi connectivity index (χ2n) is 5.94. The van der Waals surface area contributed by atoms with Gasteiger partial charge in [-0.2, -0.15) is 0 Å². The van der Waals surface area contributed by atoms with Crippen molar-refractivity contribution in [2.45, 2.75) is 52.5 Å². The molecule has 1 aromatic rings. The Bertz CT molecular complexity index is 334. The third-order valence-corrected chi connectivity index (χ3v) is 3.91. The maximum absolute atomic E-state index is 4.66. The molecule has 3 heteroatoms. The minimum Gasteiger partial charge on any atom is -0.311 e. The average Bonchev–Trinajstić information content (AvgIpc) is 2.93. The van der Waals surface area contributed by atoms with Gasteiger partial charge in [-0.3, -0.25) is 0 Å². The molecular formula is C13H22N2S. The summed E-state index contributed by atoms with van der Waals surface area (Å²) in [4.78, 5) is 4.66. The Labute approximate surface area is 102 Å². The Morgan fingerprint density at radius 1 is 1.44 bits per heavy atom. The molecule has 1 fully saturated rings. The van der Waals surface area contributed by atoms with Crippen LogP contribution in [-0.2, 0) is 6.54 Å². The third kappa shape index (κ3) is 3.87. The standard InChI is InChI=1S/C13H22N2S/c1-13(2,3)6-7-14-8-11-9-16-12(15-11)10-4-5-10/h9-10,14H,4-8H2,1-3H3. The van der Waals surface area contributed by atoms with Crippen LogP contribution in [0.1, 0.15) is 56.7 Å². The molecule has 0 atom stereocenters. The van der Waals surface area contributed by atoms with Crippen molar-refractivity contribution in [3.8, 4) is 0 Å². The highest BCUT2D eigenvalue weighted by atomic mass is 32.1. The molecule has 2 nitrogen and oxygen atoms in total. The summed E-state index contributed by atoms with van der Waals surface area (Å²) in [5.74, 6) is 0.799. The fourth-order valence-electron chi connectivity index (χ4n) is 1.60. The molecule has 1 aromatic heterocycles. The van der Waals surface area contributed by atoms with Crippen molar-refractivity contribution in [3.63, 3.8) is 0 Å². The van der Waals surface area contributed by atoms with Crippen molar-refractivity contribution in [2.24, 2.45) is 5.41 Å². The minimum atomic E-state index is 0.425.